The highest BCUT2D eigenvalue weighted by molar-refractivity contribution is 5.77. The molecule has 0 saturated carbocycles. The van der Waals surface area contributed by atoms with Crippen LogP contribution in [0.25, 0.3) is 0 Å². The molecule has 12 unspecified atom stereocenters. The van der Waals surface area contributed by atoms with E-state index < -0.39 is 269 Å². The van der Waals surface area contributed by atoms with Crippen molar-refractivity contribution in [2.24, 2.45) is 70.3 Å². The summed E-state index contributed by atoms with van der Waals surface area (Å²) in [6.07, 6.45) is -17.3. The smallest absolute Gasteiger partial charge is 0.323 e. The van der Waals surface area contributed by atoms with E-state index in [1.54, 1.807) is 14.7 Å². The fourth-order valence-corrected chi connectivity index (χ4v) is 11.6. The third-order valence-electron chi connectivity index (χ3n) is 15.8. The van der Waals surface area contributed by atoms with E-state index in [9.17, 15) is 15.8 Å². The highest BCUT2D eigenvalue weighted by Crippen LogP contribution is 2.48. The van der Waals surface area contributed by atoms with Gasteiger partial charge in [-0.2, -0.15) is 0 Å². The predicted molar refractivity (Wildman–Crippen MR) is 353 cm³/mol. The maximum atomic E-state index is 13.6. The van der Waals surface area contributed by atoms with Gasteiger partial charge in [-0.3, -0.25) is 29.1 Å². The first kappa shape index (κ1) is 29.1. The lowest BCUT2D eigenvalue weighted by Gasteiger charge is -2.47. The molecule has 18 nitrogen and oxygen atoms in total. The van der Waals surface area contributed by atoms with Gasteiger partial charge in [0.05, 0.1) is 60.4 Å². The van der Waals surface area contributed by atoms with Crippen LogP contribution in [0.4, 0.5) is 0 Å². The Morgan fingerprint density at radius 1 is 0.489 bits per heavy atom. The van der Waals surface area contributed by atoms with Crippen LogP contribution in [0.1, 0.15) is 244 Å². The van der Waals surface area contributed by atoms with Crippen molar-refractivity contribution in [2.45, 2.75) is 195 Å². The Hall–Kier alpha value is -5.37. The number of methoxy groups -OCH3 is 6. The molecule has 504 valence electrons. The molecule has 0 aromatic heterocycles. The lowest BCUT2D eigenvalue weighted by Crippen LogP contribution is -2.51. The van der Waals surface area contributed by atoms with Gasteiger partial charge in [-0.05, 0) is 143 Å². The second-order valence-electron chi connectivity index (χ2n) is 21.7. The minimum Gasteiger partial charge on any atom is -0.493 e. The van der Waals surface area contributed by atoms with Crippen LogP contribution in [0.5, 0.6) is 34.5 Å². The first-order valence-corrected chi connectivity index (χ1v) is 28.3. The molecule has 6 aliphatic heterocycles. The van der Waals surface area contributed by atoms with Gasteiger partial charge in [0.1, 0.15) is 36.3 Å². The Morgan fingerprint density at radius 3 is 1.13 bits per heavy atom. The Labute approximate surface area is 612 Å². The van der Waals surface area contributed by atoms with Crippen LogP contribution in [0.3, 0.4) is 0 Å². The molecular formula is C72H114N6O12. The summed E-state index contributed by atoms with van der Waals surface area (Å²) in [5.41, 5.74) is 18.4. The van der Waals surface area contributed by atoms with Crippen molar-refractivity contribution in [3.8, 4) is 34.5 Å². The van der Waals surface area contributed by atoms with Gasteiger partial charge in [0.25, 0.3) is 0 Å². The molecule has 0 bridgehead atoms. The summed E-state index contributed by atoms with van der Waals surface area (Å²) in [5.74, 6) is -33.4. The SMILES string of the molecule is [2H]c1c2c(c([2H])c(OC)c1OC([2H])([2H])[2H])C1CC(OC(=O)[C@@]([2H])(N)C([2H])(C([2H])([2H])[2H])C([2H])([2H])[2H])C(C([2H])([2H])C([2H])(C)C([2H])([2H])[2H])CN1CC2.[2H]c1c2c(c([2H])c(OC)c1OC)C1CC(OC(=O)[C@@]([2H])(N)C([2H])(C([2H])([2H])[2H])C([2H])([2H])[2H])C(C([2H])([2H])C([2H])(C)C([2H])([2H])[2H])CN1CC2.[2H]c1c2c(c([2H])c(OC)c1OC)C1CC([2H])(OC(=O)[C@@]([2H])(N)C([2H])(C([2H])([2H])[2H])C([2H])([2H])[2H])C(C([2H])([2H])C([2H])(C)C([2H])([2H])[2H])CN1CC2. The Bertz CT molecular complexity index is 5110. The minimum absolute atomic E-state index is 0.00131. The summed E-state index contributed by atoms with van der Waals surface area (Å²) in [7, 11) is 3.14. The number of hydrogen-bond acceptors (Lipinski definition) is 18. The highest BCUT2D eigenvalue weighted by atomic mass is 16.6. The van der Waals surface area contributed by atoms with Crippen LogP contribution in [0.15, 0.2) is 36.3 Å². The van der Waals surface area contributed by atoms with Gasteiger partial charge in [-0.1, -0.05) is 82.4 Å². The fourth-order valence-electron chi connectivity index (χ4n) is 11.6. The van der Waals surface area contributed by atoms with Gasteiger partial charge in [0.2, 0.25) is 0 Å². The number of fused-ring (bicyclic) bond motifs is 9. The highest BCUT2D eigenvalue weighted by Gasteiger charge is 2.45. The molecule has 6 aliphatic rings. The quantitative estimate of drug-likeness (QED) is 0.0666. The van der Waals surface area contributed by atoms with Crippen molar-refractivity contribution >= 4 is 17.9 Å². The Balaban J connectivity index is 0.000000289. The summed E-state index contributed by atoms with van der Waals surface area (Å²) in [6, 6.07) is -16.2. The number of hydrogen-bond donors (Lipinski definition) is 3. The molecule has 6 N–H and O–H groups in total. The maximum absolute atomic E-state index is 13.6. The van der Waals surface area contributed by atoms with Gasteiger partial charge in [-0.25, -0.2) is 0 Å². The normalized spacial score (nSPS) is 39.4. The third kappa shape index (κ3) is 17.5. The zero-order chi connectivity index (χ0) is 111. The van der Waals surface area contributed by atoms with Crippen LogP contribution in [0, 0.1) is 53.1 Å². The molecule has 9 rings (SSSR count). The molecule has 0 amide bonds. The summed E-state index contributed by atoms with van der Waals surface area (Å²) >= 11 is 0. The molecule has 3 aromatic rings. The maximum Gasteiger partial charge on any atom is 0.323 e. The number of esters is 3. The molecular weight excluding hydrogens is 1140 g/mol. The third-order valence-corrected chi connectivity index (χ3v) is 15.8. The van der Waals surface area contributed by atoms with Gasteiger partial charge in [0, 0.05) is 148 Å². The monoisotopic (exact) mass is 1310 g/mol. The summed E-state index contributed by atoms with van der Waals surface area (Å²) in [6.45, 7) is -31.6. The number of rotatable bonds is 21. The number of benzene rings is 3. The number of nitrogens with two attached hydrogens (primary N) is 3. The van der Waals surface area contributed by atoms with E-state index in [1.807, 2.05) is 0 Å². The van der Waals surface area contributed by atoms with E-state index in [2.05, 4.69) is 0 Å². The Kier molecular flexibility index (Phi) is 10.5. The second kappa shape index (κ2) is 32.5. The molecule has 6 heterocycles. The van der Waals surface area contributed by atoms with Gasteiger partial charge in [0.15, 0.2) is 34.5 Å². The van der Waals surface area contributed by atoms with E-state index in [0.29, 0.717) is 11.1 Å². The standard InChI is InChI=1S/3C24H38N2O4/c3*1-14(2)9-17-13-26-8-7-16-10-21(28-5)22(29-6)11-18(16)19(26)12-20(17)30-24(27)23(25)15(3)4/h3*10-11,14-15,17,19-20,23H,7-9,12-13,25H2,1-6H3/t3*17?,19?,20?,23-/m000/s1/i1D3,3D3,4D3,9D2,10D,11D,14D,15D,20D,23D;1D3,3D3,4D3,5D3,9D2,10D,11D,14D,15D,23D;1D3,3D3,4D3,9D2,10D,11D,14D,15D,23D/t3*14?,17?,19?,20?,23-. The van der Waals surface area contributed by atoms with Crippen molar-refractivity contribution in [3.05, 3.63) is 69.6 Å². The average molecular weight is 1310 g/mol. The van der Waals surface area contributed by atoms with Gasteiger partial charge in [-0.15, -0.1) is 0 Å². The average Bonchev–Trinajstić information content (AvgIpc) is 0.702. The van der Waals surface area contributed by atoms with E-state index in [4.69, 9.17) is 130 Å². The summed E-state index contributed by atoms with van der Waals surface area (Å²) in [4.78, 5) is 45.6. The van der Waals surface area contributed by atoms with Gasteiger partial charge < -0.3 is 59.8 Å². The van der Waals surface area contributed by atoms with E-state index in [-0.39, 0.29) is 115 Å². The van der Waals surface area contributed by atoms with E-state index in [0.717, 1.165) is 27.9 Å². The van der Waals surface area contributed by atoms with Crippen LogP contribution in [0.2, 0.25) is 0 Å². The van der Waals surface area contributed by atoms with Crippen molar-refractivity contribution in [1.29, 1.82) is 0 Å². The summed E-state index contributed by atoms with van der Waals surface area (Å²) in [5, 5.41) is 0. The molecule has 18 heteroatoms. The first-order chi connectivity index (χ1) is 63.2. The van der Waals surface area contributed by atoms with Crippen molar-refractivity contribution in [1.82, 2.24) is 14.7 Å². The van der Waals surface area contributed by atoms with Crippen molar-refractivity contribution in [2.75, 3.05) is 81.9 Å². The number of carbonyl (C=O) groups is 3. The van der Waals surface area contributed by atoms with Crippen LogP contribution in [-0.2, 0) is 47.9 Å². The molecule has 3 fully saturated rings. The lowest BCUT2D eigenvalue weighted by molar-refractivity contribution is -0.161. The zero-order valence-corrected chi connectivity index (χ0v) is 51.1. The van der Waals surface area contributed by atoms with Crippen molar-refractivity contribution in [3.63, 3.8) is 0 Å². The minimum atomic E-state index is -4.02. The fraction of sp³-hybridized carbons (Fsp3) is 0.708. The first-order valence-electron chi connectivity index (χ1n) is 54.3. The van der Waals surface area contributed by atoms with Crippen LogP contribution in [-0.4, -0.2) is 151 Å². The number of carbonyl (C=O) groups excluding carboxylic acids is 3. The predicted octanol–water partition coefficient (Wildman–Crippen LogP) is 10.7. The number of piperidine rings is 3. The molecule has 0 aliphatic carbocycles. The van der Waals surface area contributed by atoms with Crippen molar-refractivity contribution < 1.29 is 128 Å². The molecule has 3 aromatic carbocycles. The molecule has 90 heavy (non-hydrogen) atoms. The number of ether oxygens (including phenoxy) is 9. The number of nitrogens with zero attached hydrogens (tertiary/aromatic N) is 3. The van der Waals surface area contributed by atoms with Crippen LogP contribution >= 0.6 is 0 Å². The Morgan fingerprint density at radius 2 is 0.800 bits per heavy atom. The molecule has 3 saturated heterocycles. The molecule has 0 spiro atoms. The second-order valence-corrected chi connectivity index (χ2v) is 21.7. The summed E-state index contributed by atoms with van der Waals surface area (Å²) < 4.78 is 470. The lowest BCUT2D eigenvalue weighted by atomic mass is 9.79. The molecule has 15 atom stereocenters. The van der Waals surface area contributed by atoms with Crippen LogP contribution < -0.4 is 45.6 Å². The topological polar surface area (TPSA) is 222 Å². The largest absolute Gasteiger partial charge is 0.493 e. The van der Waals surface area contributed by atoms with E-state index in [1.165, 1.54) is 28.4 Å². The zero-order valence-electron chi connectivity index (χ0n) is 103. The van der Waals surface area contributed by atoms with Gasteiger partial charge >= 0.3 is 17.9 Å². The van der Waals surface area contributed by atoms with E-state index >= 15 is 0 Å². The molecule has 0 radical (unpaired) electrons.